The fourth-order valence-corrected chi connectivity index (χ4v) is 5.09. The van der Waals surface area contributed by atoms with Crippen molar-refractivity contribution in [1.82, 2.24) is 19.7 Å². The molecule has 3 heterocycles. The number of methoxy groups -OCH3 is 1. The number of nitrogens with zero attached hydrogens (tertiary/aromatic N) is 4. The summed E-state index contributed by atoms with van der Waals surface area (Å²) in [6, 6.07) is 15.2. The fraction of sp³-hybridized carbons (Fsp3) is 0.333. The third kappa shape index (κ3) is 9.42. The zero-order valence-electron chi connectivity index (χ0n) is 27.6. The fourth-order valence-electron chi connectivity index (χ4n) is 4.67. The summed E-state index contributed by atoms with van der Waals surface area (Å²) >= 11 is 15.0. The number of likely N-dealkylation sites (tertiary alicyclic amines) is 1. The van der Waals surface area contributed by atoms with Gasteiger partial charge in [0.2, 0.25) is 0 Å². The molecule has 11 nitrogen and oxygen atoms in total. The van der Waals surface area contributed by atoms with Gasteiger partial charge in [-0.2, -0.15) is 5.10 Å². The SMILES string of the molecule is COc1ccc(-n2nc(C(C)(C)C)cc2NC(=O)Nc2ccc(OCc3ccnc(NC(=O)N4CCCC4)c3)c(Cl)c2Cl)cc1.[2H]CI. The Kier molecular flexibility index (Phi) is 12.1. The van der Waals surface area contributed by atoms with Crippen LogP contribution in [-0.4, -0.2) is 56.8 Å². The lowest BCUT2D eigenvalue weighted by atomic mass is 9.92. The minimum atomic E-state index is -0.531. The molecule has 1 fully saturated rings. The summed E-state index contributed by atoms with van der Waals surface area (Å²) < 4.78 is 19.0. The van der Waals surface area contributed by atoms with Gasteiger partial charge in [-0.25, -0.2) is 19.3 Å². The number of pyridine rings is 1. The smallest absolute Gasteiger partial charge is 0.324 e. The summed E-state index contributed by atoms with van der Waals surface area (Å²) in [4.78, 5) is 32.0. The number of alkyl halides is 1. The van der Waals surface area contributed by atoms with Crippen LogP contribution in [0.15, 0.2) is 60.8 Å². The van der Waals surface area contributed by atoms with Gasteiger partial charge in [0.15, 0.2) is 0 Å². The number of anilines is 3. The largest absolute Gasteiger partial charge is 0.497 e. The average Bonchev–Trinajstić information content (AvgIpc) is 3.75. The second-order valence-corrected chi connectivity index (χ2v) is 12.3. The van der Waals surface area contributed by atoms with Crippen molar-refractivity contribution in [2.24, 2.45) is 0 Å². The Morgan fingerprint density at radius 3 is 2.36 bits per heavy atom. The van der Waals surface area contributed by atoms with Crippen LogP contribution in [0.5, 0.6) is 11.5 Å². The number of hydrogen-bond acceptors (Lipinski definition) is 6. The molecule has 4 aromatic rings. The maximum Gasteiger partial charge on any atom is 0.324 e. The predicted octanol–water partition coefficient (Wildman–Crippen LogP) is 8.78. The highest BCUT2D eigenvalue weighted by molar-refractivity contribution is 14.1. The number of amides is 4. The Morgan fingerprint density at radius 1 is 1.00 bits per heavy atom. The number of aromatic nitrogens is 3. The highest BCUT2D eigenvalue weighted by Crippen LogP contribution is 2.38. The van der Waals surface area contributed by atoms with Gasteiger partial charge in [-0.15, -0.1) is 0 Å². The molecular formula is C33H38Cl2IN7O4. The zero-order valence-corrected chi connectivity index (χ0v) is 30.2. The number of rotatable bonds is 8. The van der Waals surface area contributed by atoms with E-state index in [0.29, 0.717) is 33.7 Å². The van der Waals surface area contributed by atoms with Gasteiger partial charge in [0.05, 0.1) is 29.2 Å². The third-order valence-electron chi connectivity index (χ3n) is 7.18. The van der Waals surface area contributed by atoms with Crippen molar-refractivity contribution < 1.29 is 20.4 Å². The van der Waals surface area contributed by atoms with Crippen LogP contribution in [-0.2, 0) is 12.0 Å². The topological polar surface area (TPSA) is 123 Å². The molecule has 0 spiro atoms. The van der Waals surface area contributed by atoms with Crippen LogP contribution in [0.1, 0.15) is 46.2 Å². The van der Waals surface area contributed by atoms with E-state index in [2.05, 4.69) is 20.9 Å². The zero-order chi connectivity index (χ0) is 34.8. The molecule has 47 heavy (non-hydrogen) atoms. The van der Waals surface area contributed by atoms with Crippen molar-refractivity contribution in [1.29, 1.82) is 0 Å². The van der Waals surface area contributed by atoms with Crippen LogP contribution < -0.4 is 25.4 Å². The Balaban J connectivity index is 0.00000167. The maximum atomic E-state index is 13.1. The van der Waals surface area contributed by atoms with Gasteiger partial charge in [-0.1, -0.05) is 66.6 Å². The molecule has 4 amide bonds. The first-order valence-electron chi connectivity index (χ1n) is 15.4. The van der Waals surface area contributed by atoms with E-state index in [9.17, 15) is 9.59 Å². The second-order valence-electron chi connectivity index (χ2n) is 11.6. The van der Waals surface area contributed by atoms with Crippen molar-refractivity contribution >= 4 is 75.2 Å². The summed E-state index contributed by atoms with van der Waals surface area (Å²) in [6.07, 6.45) is 3.61. The first-order chi connectivity index (χ1) is 22.9. The van der Waals surface area contributed by atoms with Crippen molar-refractivity contribution in [2.45, 2.75) is 45.6 Å². The molecule has 0 unspecified atom stereocenters. The van der Waals surface area contributed by atoms with Gasteiger partial charge >= 0.3 is 12.1 Å². The van der Waals surface area contributed by atoms with Crippen molar-refractivity contribution in [3.05, 3.63) is 82.1 Å². The molecule has 0 aliphatic carbocycles. The van der Waals surface area contributed by atoms with Gasteiger partial charge < -0.3 is 19.7 Å². The van der Waals surface area contributed by atoms with Crippen molar-refractivity contribution in [2.75, 3.05) is 41.1 Å². The molecular weight excluding hydrogens is 756 g/mol. The lowest BCUT2D eigenvalue weighted by Gasteiger charge is -2.16. The van der Waals surface area contributed by atoms with E-state index >= 15 is 0 Å². The number of urea groups is 2. The molecule has 0 saturated carbocycles. The van der Waals surface area contributed by atoms with Crippen LogP contribution >= 0.6 is 45.8 Å². The van der Waals surface area contributed by atoms with E-state index in [4.69, 9.17) is 39.1 Å². The maximum absolute atomic E-state index is 13.1. The molecule has 1 aliphatic heterocycles. The van der Waals surface area contributed by atoms with E-state index in [1.54, 1.807) is 47.2 Å². The quantitative estimate of drug-likeness (QED) is 0.121. The van der Waals surface area contributed by atoms with E-state index < -0.39 is 6.03 Å². The van der Waals surface area contributed by atoms with E-state index in [0.717, 1.165) is 42.9 Å². The van der Waals surface area contributed by atoms with E-state index in [-0.39, 0.29) is 28.1 Å². The number of nitrogens with one attached hydrogen (secondary N) is 3. The molecule has 2 aromatic heterocycles. The Hall–Kier alpha value is -3.75. The Labute approximate surface area is 299 Å². The summed E-state index contributed by atoms with van der Waals surface area (Å²) in [5.41, 5.74) is 2.37. The molecule has 14 heteroatoms. The number of benzene rings is 2. The van der Waals surface area contributed by atoms with Gasteiger partial charge in [-0.3, -0.25) is 10.6 Å². The monoisotopic (exact) mass is 794 g/mol. The van der Waals surface area contributed by atoms with Gasteiger partial charge in [0, 0.05) is 32.1 Å². The Morgan fingerprint density at radius 2 is 1.70 bits per heavy atom. The van der Waals surface area contributed by atoms with Crippen molar-refractivity contribution in [3.8, 4) is 17.2 Å². The van der Waals surface area contributed by atoms with Gasteiger partial charge in [0.25, 0.3) is 0 Å². The van der Waals surface area contributed by atoms with Crippen LogP contribution in [0.2, 0.25) is 10.0 Å². The second kappa shape index (κ2) is 16.4. The first-order valence-corrected chi connectivity index (χ1v) is 17.0. The minimum Gasteiger partial charge on any atom is -0.497 e. The number of hydrogen-bond donors (Lipinski definition) is 3. The molecule has 0 atom stereocenters. The predicted molar refractivity (Wildman–Crippen MR) is 196 cm³/mol. The normalized spacial score (nSPS) is 12.8. The summed E-state index contributed by atoms with van der Waals surface area (Å²) in [6.45, 7) is 7.78. The lowest BCUT2D eigenvalue weighted by Crippen LogP contribution is -2.32. The van der Waals surface area contributed by atoms with Gasteiger partial charge in [0.1, 0.15) is 34.8 Å². The lowest BCUT2D eigenvalue weighted by molar-refractivity contribution is 0.222. The summed E-state index contributed by atoms with van der Waals surface area (Å²) in [5.74, 6) is 1.95. The first kappa shape index (κ1) is 34.6. The average molecular weight is 796 g/mol. The number of carbonyl (C=O) groups is 2. The molecule has 1 saturated heterocycles. The van der Waals surface area contributed by atoms with Crippen LogP contribution in [0, 0.1) is 0 Å². The number of carbonyl (C=O) groups excluding carboxylic acids is 2. The molecule has 0 bridgehead atoms. The van der Waals surface area contributed by atoms with Crippen LogP contribution in [0.3, 0.4) is 0 Å². The minimum absolute atomic E-state index is 0.122. The van der Waals surface area contributed by atoms with E-state index in [1.807, 2.05) is 73.7 Å². The Bertz CT molecular complexity index is 1710. The van der Waals surface area contributed by atoms with Crippen LogP contribution in [0.25, 0.3) is 5.69 Å². The molecule has 250 valence electrons. The molecule has 5 rings (SSSR count). The van der Waals surface area contributed by atoms with Crippen molar-refractivity contribution in [3.63, 3.8) is 0 Å². The third-order valence-corrected chi connectivity index (χ3v) is 8.04. The standard InChI is InChI=1S/C32H35Cl2N7O4.CH3I/c1-32(2,3)25-18-27(41(39-25)21-7-9-22(44-4)10-8-21)38-30(42)36-23-11-12-24(29(34)28(23)33)45-19-20-13-14-35-26(17-20)37-31(43)40-15-5-6-16-40;1-2/h7-14,17-18H,5-6,15-16,19H2,1-4H3,(H,35,37,43)(H2,36,38,42);1H3/i;1D. The van der Waals surface area contributed by atoms with Gasteiger partial charge in [-0.05, 0) is 71.8 Å². The molecule has 2 aromatic carbocycles. The highest BCUT2D eigenvalue weighted by atomic mass is 127. The summed E-state index contributed by atoms with van der Waals surface area (Å²) in [7, 11) is 1.60. The summed E-state index contributed by atoms with van der Waals surface area (Å²) in [5, 5.41) is 13.5. The highest BCUT2D eigenvalue weighted by Gasteiger charge is 2.23. The van der Waals surface area contributed by atoms with E-state index in [1.165, 1.54) is 0 Å². The molecule has 0 radical (unpaired) electrons. The molecule has 1 aliphatic rings. The van der Waals surface area contributed by atoms with Crippen LogP contribution in [0.4, 0.5) is 26.9 Å². The number of ether oxygens (including phenoxy) is 2. The molecule has 3 N–H and O–H groups in total. The number of halogens is 3.